The Balaban J connectivity index is 1.25. The van der Waals surface area contributed by atoms with Crippen LogP contribution in [0.5, 0.6) is 0 Å². The first kappa shape index (κ1) is 21.5. The van der Waals surface area contributed by atoms with Crippen molar-refractivity contribution < 1.29 is 18.3 Å². The second-order valence-electron chi connectivity index (χ2n) is 9.82. The third kappa shape index (κ3) is 3.55. The first-order valence-corrected chi connectivity index (χ1v) is 12.0. The highest BCUT2D eigenvalue weighted by Gasteiger charge is 2.56. The van der Waals surface area contributed by atoms with Gasteiger partial charge in [0.15, 0.2) is 11.3 Å². The lowest BCUT2D eigenvalue weighted by Crippen LogP contribution is -2.21. The molecule has 1 saturated carbocycles. The van der Waals surface area contributed by atoms with Gasteiger partial charge in [-0.25, -0.2) is 18.6 Å². The molecule has 1 amide bonds. The van der Waals surface area contributed by atoms with Gasteiger partial charge in [-0.3, -0.25) is 9.25 Å². The number of anilines is 2. The van der Waals surface area contributed by atoms with Crippen LogP contribution in [0.4, 0.5) is 25.1 Å². The van der Waals surface area contributed by atoms with Crippen LogP contribution in [0.1, 0.15) is 57.7 Å². The summed E-state index contributed by atoms with van der Waals surface area (Å²) >= 11 is 0. The summed E-state index contributed by atoms with van der Waals surface area (Å²) in [4.78, 5) is 20.1. The van der Waals surface area contributed by atoms with E-state index < -0.39 is 18.2 Å². The summed E-state index contributed by atoms with van der Waals surface area (Å²) in [5, 5.41) is 7.60. The number of amides is 1. The fraction of sp³-hybridized carbons (Fsp3) is 0.542. The maximum Gasteiger partial charge on any atom is 0.331 e. The minimum Gasteiger partial charge on any atom is -0.374 e. The molecule has 1 aliphatic carbocycles. The predicted octanol–water partition coefficient (Wildman–Crippen LogP) is 4.98. The van der Waals surface area contributed by atoms with E-state index in [1.807, 2.05) is 19.1 Å². The minimum atomic E-state index is -2.78. The van der Waals surface area contributed by atoms with Gasteiger partial charge in [-0.2, -0.15) is 5.10 Å². The number of pyridine rings is 1. The number of aromatic nitrogens is 4. The molecule has 5 heterocycles. The molecule has 6 rings (SSSR count). The number of rotatable bonds is 4. The number of carbonyl (C=O) groups is 1. The minimum absolute atomic E-state index is 0.0445. The van der Waals surface area contributed by atoms with Gasteiger partial charge in [0.05, 0.1) is 36.5 Å². The second kappa shape index (κ2) is 8.04. The van der Waals surface area contributed by atoms with Crippen molar-refractivity contribution in [2.45, 2.75) is 70.2 Å². The van der Waals surface area contributed by atoms with Gasteiger partial charge < -0.3 is 15.0 Å². The Morgan fingerprint density at radius 3 is 2.68 bits per heavy atom. The summed E-state index contributed by atoms with van der Waals surface area (Å²) < 4.78 is 36.1. The summed E-state index contributed by atoms with van der Waals surface area (Å²) in [7, 11) is 0. The number of nitrogens with zero attached hydrogens (tertiary/aromatic N) is 5. The number of halogens is 2. The second-order valence-corrected chi connectivity index (χ2v) is 9.82. The van der Waals surface area contributed by atoms with E-state index in [0.29, 0.717) is 30.3 Å². The molecule has 0 radical (unpaired) electrons. The molecule has 180 valence electrons. The lowest BCUT2D eigenvalue weighted by atomic mass is 9.87. The molecule has 3 aliphatic rings. The van der Waals surface area contributed by atoms with Crippen LogP contribution in [0.3, 0.4) is 0 Å². The first-order valence-electron chi connectivity index (χ1n) is 12.0. The Labute approximate surface area is 195 Å². The van der Waals surface area contributed by atoms with Gasteiger partial charge in [0.1, 0.15) is 5.82 Å². The van der Waals surface area contributed by atoms with Crippen molar-refractivity contribution >= 4 is 28.6 Å². The average molecular weight is 471 g/mol. The molecule has 0 spiro atoms. The number of hydrogen-bond acceptors (Lipinski definition) is 5. The van der Waals surface area contributed by atoms with E-state index >= 15 is 0 Å². The van der Waals surface area contributed by atoms with E-state index in [1.165, 1.54) is 4.57 Å². The Kier molecular flexibility index (Phi) is 5.09. The van der Waals surface area contributed by atoms with E-state index in [-0.39, 0.29) is 17.8 Å². The Bertz CT molecular complexity index is 1230. The van der Waals surface area contributed by atoms with Crippen LogP contribution in [0.2, 0.25) is 0 Å². The van der Waals surface area contributed by atoms with Crippen LogP contribution in [-0.4, -0.2) is 50.2 Å². The van der Waals surface area contributed by atoms with E-state index in [9.17, 15) is 13.6 Å². The van der Waals surface area contributed by atoms with Gasteiger partial charge in [-0.1, -0.05) is 6.92 Å². The van der Waals surface area contributed by atoms with Crippen molar-refractivity contribution in [3.8, 4) is 0 Å². The molecule has 1 unspecified atom stereocenters. The fourth-order valence-electron chi connectivity index (χ4n) is 5.53. The number of hydrogen-bond donors (Lipinski definition) is 1. The monoisotopic (exact) mass is 470 g/mol. The van der Waals surface area contributed by atoms with Crippen molar-refractivity contribution in [1.82, 2.24) is 19.3 Å². The molecule has 3 aromatic heterocycles. The van der Waals surface area contributed by atoms with Gasteiger partial charge in [0, 0.05) is 17.8 Å². The molecule has 10 heteroatoms. The predicted molar refractivity (Wildman–Crippen MR) is 123 cm³/mol. The van der Waals surface area contributed by atoms with Crippen LogP contribution in [0.25, 0.3) is 11.0 Å². The van der Waals surface area contributed by atoms with Gasteiger partial charge in [0.25, 0.3) is 6.43 Å². The fourth-order valence-corrected chi connectivity index (χ4v) is 5.53. The molecule has 3 atom stereocenters. The standard InChI is InChI=1S/C24H28F2N6O2/c1-13-3-6-16(7-4-13)31-11-17(20(29-31)22(25)26)27-24(33)30-10-9-15-5-8-19(28-23(15)30)32-18-12-34-14(2)21(18)32/h5,8-11,13-14,16,18,21-22H,3-4,6-7,12H2,1-2H3,(H,27,33)/t13?,14-,16?,18+,21?,32?/m1/s1. The van der Waals surface area contributed by atoms with Gasteiger partial charge in [-0.15, -0.1) is 0 Å². The molecule has 34 heavy (non-hydrogen) atoms. The molecule has 2 saturated heterocycles. The normalized spacial score (nSPS) is 28.5. The third-order valence-corrected chi connectivity index (χ3v) is 7.57. The van der Waals surface area contributed by atoms with E-state index in [4.69, 9.17) is 9.72 Å². The van der Waals surface area contributed by atoms with E-state index in [2.05, 4.69) is 22.2 Å². The number of morpholine rings is 1. The summed E-state index contributed by atoms with van der Waals surface area (Å²) in [6.07, 6.45) is 4.41. The zero-order valence-corrected chi connectivity index (χ0v) is 19.2. The lowest BCUT2D eigenvalue weighted by molar-refractivity contribution is 0.107. The summed E-state index contributed by atoms with van der Waals surface area (Å²) in [6.45, 7) is 4.93. The SMILES string of the molecule is CC1CCC(n2cc(NC(=O)n3ccc4ccc(N5C6[C@@H](C)OC[C@@H]65)nc43)c(C(F)F)n2)CC1. The molecular weight excluding hydrogens is 442 g/mol. The molecule has 3 fully saturated rings. The number of fused-ring (bicyclic) bond motifs is 2. The highest BCUT2D eigenvalue weighted by atomic mass is 19.3. The third-order valence-electron chi connectivity index (χ3n) is 7.57. The highest BCUT2D eigenvalue weighted by molar-refractivity contribution is 5.98. The summed E-state index contributed by atoms with van der Waals surface area (Å²) in [5.41, 5.74) is 0.131. The first-order chi connectivity index (χ1) is 16.4. The van der Waals surface area contributed by atoms with Crippen LogP contribution >= 0.6 is 0 Å². The molecule has 1 N–H and O–H groups in total. The maximum absolute atomic E-state index is 13.7. The maximum atomic E-state index is 13.7. The molecule has 8 nitrogen and oxygen atoms in total. The smallest absolute Gasteiger partial charge is 0.331 e. The zero-order valence-electron chi connectivity index (χ0n) is 19.2. The summed E-state index contributed by atoms with van der Waals surface area (Å²) in [6, 6.07) is 5.83. The Morgan fingerprint density at radius 1 is 1.18 bits per heavy atom. The topological polar surface area (TPSA) is 77.0 Å². The highest BCUT2D eigenvalue weighted by Crippen LogP contribution is 2.42. The largest absolute Gasteiger partial charge is 0.374 e. The van der Waals surface area contributed by atoms with Crippen molar-refractivity contribution in [3.63, 3.8) is 0 Å². The van der Waals surface area contributed by atoms with Crippen molar-refractivity contribution in [1.29, 1.82) is 0 Å². The van der Waals surface area contributed by atoms with E-state index in [0.717, 1.165) is 36.9 Å². The number of ether oxygens (including phenoxy) is 1. The Morgan fingerprint density at radius 2 is 1.97 bits per heavy atom. The number of alkyl halides is 2. The molecule has 2 aliphatic heterocycles. The van der Waals surface area contributed by atoms with Gasteiger partial charge in [0.2, 0.25) is 0 Å². The van der Waals surface area contributed by atoms with Crippen molar-refractivity contribution in [2.75, 3.05) is 16.8 Å². The number of carbonyl (C=O) groups excluding carboxylic acids is 1. The van der Waals surface area contributed by atoms with E-state index in [1.54, 1.807) is 23.1 Å². The summed E-state index contributed by atoms with van der Waals surface area (Å²) in [5.74, 6) is 1.43. The van der Waals surface area contributed by atoms with Crippen LogP contribution < -0.4 is 10.2 Å². The molecule has 0 aromatic carbocycles. The van der Waals surface area contributed by atoms with Crippen molar-refractivity contribution in [2.24, 2.45) is 5.92 Å². The van der Waals surface area contributed by atoms with Crippen LogP contribution in [0.15, 0.2) is 30.6 Å². The van der Waals surface area contributed by atoms with Crippen molar-refractivity contribution in [3.05, 3.63) is 36.3 Å². The lowest BCUT2D eigenvalue weighted by Gasteiger charge is -2.26. The van der Waals surface area contributed by atoms with Gasteiger partial charge in [-0.05, 0) is 56.7 Å². The Hall–Kier alpha value is -3.01. The molecule has 0 bridgehead atoms. The van der Waals surface area contributed by atoms with Crippen LogP contribution in [-0.2, 0) is 4.74 Å². The molecular formula is C24H28F2N6O2. The zero-order chi connectivity index (χ0) is 23.6. The quantitative estimate of drug-likeness (QED) is 0.545. The number of nitrogens with one attached hydrogen (secondary N) is 1. The van der Waals surface area contributed by atoms with Gasteiger partial charge >= 0.3 is 6.03 Å². The van der Waals surface area contributed by atoms with Crippen LogP contribution in [0, 0.1) is 5.92 Å². The molecule has 3 aromatic rings. The average Bonchev–Trinajstić information content (AvgIpc) is 3.11.